The third-order valence-electron chi connectivity index (χ3n) is 4.48. The number of halogens is 1. The van der Waals surface area contributed by atoms with Crippen molar-refractivity contribution < 1.29 is 14.3 Å². The van der Waals surface area contributed by atoms with Gasteiger partial charge in [0.2, 0.25) is 5.88 Å². The summed E-state index contributed by atoms with van der Waals surface area (Å²) in [7, 11) is 1.63. The molecule has 1 amide bonds. The monoisotopic (exact) mass is 415 g/mol. The molecule has 1 atom stereocenters. The van der Waals surface area contributed by atoms with E-state index in [1.54, 1.807) is 13.3 Å². The fourth-order valence-corrected chi connectivity index (χ4v) is 3.36. The smallest absolute Gasteiger partial charge is 0.270 e. The van der Waals surface area contributed by atoms with Crippen LogP contribution in [0.4, 0.5) is 0 Å². The third-order valence-corrected chi connectivity index (χ3v) is 4.95. The molecule has 134 valence electrons. The number of nitrogens with zero attached hydrogens (tertiary/aromatic N) is 2. The minimum absolute atomic E-state index is 0.0185. The Bertz CT molecular complexity index is 939. The number of benzene rings is 1. The molecule has 1 N–H and O–H groups in total. The van der Waals surface area contributed by atoms with Gasteiger partial charge in [0.25, 0.3) is 5.91 Å². The van der Waals surface area contributed by atoms with E-state index in [9.17, 15) is 4.79 Å². The number of carbonyl (C=O) groups is 1. The van der Waals surface area contributed by atoms with Crippen molar-refractivity contribution >= 4 is 32.7 Å². The highest BCUT2D eigenvalue weighted by molar-refractivity contribution is 9.10. The first kappa shape index (κ1) is 16.9. The summed E-state index contributed by atoms with van der Waals surface area (Å²) in [5.74, 6) is 1.32. The molecule has 1 aromatic carbocycles. The number of rotatable bonds is 4. The molecule has 1 fully saturated rings. The van der Waals surface area contributed by atoms with E-state index >= 15 is 0 Å². The number of hydrogen-bond acceptors (Lipinski definition) is 4. The van der Waals surface area contributed by atoms with E-state index in [1.807, 2.05) is 41.3 Å². The van der Waals surface area contributed by atoms with Gasteiger partial charge in [-0.25, -0.2) is 4.98 Å². The molecule has 1 saturated heterocycles. The van der Waals surface area contributed by atoms with Crippen LogP contribution in [-0.4, -0.2) is 47.1 Å². The summed E-state index contributed by atoms with van der Waals surface area (Å²) < 4.78 is 12.0. The van der Waals surface area contributed by atoms with E-state index in [0.29, 0.717) is 24.7 Å². The first-order valence-corrected chi connectivity index (χ1v) is 9.16. The number of H-pyrrole nitrogens is 1. The number of aromatic amines is 1. The quantitative estimate of drug-likeness (QED) is 0.706. The number of likely N-dealkylation sites (tertiary alicyclic amines) is 1. The van der Waals surface area contributed by atoms with Gasteiger partial charge in [0.15, 0.2) is 0 Å². The number of nitrogens with one attached hydrogen (secondary N) is 1. The maximum Gasteiger partial charge on any atom is 0.270 e. The zero-order valence-corrected chi connectivity index (χ0v) is 15.8. The second-order valence-electron chi connectivity index (χ2n) is 6.23. The molecular weight excluding hydrogens is 398 g/mol. The molecule has 4 rings (SSSR count). The number of carbonyl (C=O) groups excluding carboxylic acids is 1. The Balaban J connectivity index is 1.44. The van der Waals surface area contributed by atoms with Gasteiger partial charge < -0.3 is 19.4 Å². The summed E-state index contributed by atoms with van der Waals surface area (Å²) in [6.45, 7) is 1.22. The van der Waals surface area contributed by atoms with Crippen molar-refractivity contribution in [2.75, 3.05) is 20.2 Å². The number of fused-ring (bicyclic) bond motifs is 1. The van der Waals surface area contributed by atoms with Crippen LogP contribution in [-0.2, 0) is 0 Å². The molecule has 0 saturated carbocycles. The summed E-state index contributed by atoms with van der Waals surface area (Å²) in [4.78, 5) is 22.0. The fourth-order valence-electron chi connectivity index (χ4n) is 3.13. The maximum atomic E-state index is 12.8. The topological polar surface area (TPSA) is 67.4 Å². The Morgan fingerprint density at radius 1 is 1.31 bits per heavy atom. The van der Waals surface area contributed by atoms with Gasteiger partial charge >= 0.3 is 0 Å². The van der Waals surface area contributed by atoms with Gasteiger partial charge in [-0.15, -0.1) is 0 Å². The van der Waals surface area contributed by atoms with Crippen molar-refractivity contribution in [1.82, 2.24) is 14.9 Å². The Hall–Kier alpha value is -2.54. The van der Waals surface area contributed by atoms with Crippen LogP contribution in [0.3, 0.4) is 0 Å². The van der Waals surface area contributed by atoms with E-state index in [1.165, 1.54) is 0 Å². The summed E-state index contributed by atoms with van der Waals surface area (Å²) in [6, 6.07) is 11.3. The number of hydrogen-bond donors (Lipinski definition) is 1. The van der Waals surface area contributed by atoms with Gasteiger partial charge in [-0.1, -0.05) is 0 Å². The lowest BCUT2D eigenvalue weighted by Gasteiger charge is -2.16. The van der Waals surface area contributed by atoms with Gasteiger partial charge in [-0.3, -0.25) is 4.79 Å². The number of pyridine rings is 1. The molecule has 3 aromatic rings. The summed E-state index contributed by atoms with van der Waals surface area (Å²) in [6.07, 6.45) is 2.45. The van der Waals surface area contributed by atoms with Crippen LogP contribution in [0.1, 0.15) is 16.9 Å². The average Bonchev–Trinajstić information content (AvgIpc) is 3.29. The molecule has 0 aliphatic carbocycles. The van der Waals surface area contributed by atoms with Gasteiger partial charge in [0, 0.05) is 46.7 Å². The van der Waals surface area contributed by atoms with Crippen molar-refractivity contribution in [2.24, 2.45) is 0 Å². The third kappa shape index (κ3) is 3.39. The lowest BCUT2D eigenvalue weighted by Crippen LogP contribution is -2.31. The van der Waals surface area contributed by atoms with Gasteiger partial charge in [0.05, 0.1) is 13.7 Å². The van der Waals surface area contributed by atoms with Crippen molar-refractivity contribution in [2.45, 2.75) is 12.5 Å². The SMILES string of the molecule is COc1ccc2cc(C(=O)N3CCC(Oc4ccc(Br)cn4)C3)[nH]c2c1. The van der Waals surface area contributed by atoms with E-state index in [2.05, 4.69) is 25.9 Å². The first-order valence-electron chi connectivity index (χ1n) is 8.36. The zero-order valence-electron chi connectivity index (χ0n) is 14.2. The minimum Gasteiger partial charge on any atom is -0.497 e. The molecule has 26 heavy (non-hydrogen) atoms. The molecule has 0 spiro atoms. The van der Waals surface area contributed by atoms with E-state index in [-0.39, 0.29) is 12.0 Å². The van der Waals surface area contributed by atoms with Crippen LogP contribution in [0.5, 0.6) is 11.6 Å². The lowest BCUT2D eigenvalue weighted by molar-refractivity contribution is 0.0766. The first-order chi connectivity index (χ1) is 12.6. The summed E-state index contributed by atoms with van der Waals surface area (Å²) in [5, 5.41) is 0.986. The van der Waals surface area contributed by atoms with Crippen LogP contribution in [0, 0.1) is 0 Å². The van der Waals surface area contributed by atoms with Gasteiger partial charge in [0.1, 0.15) is 17.5 Å². The van der Waals surface area contributed by atoms with Crippen LogP contribution in [0.2, 0.25) is 0 Å². The van der Waals surface area contributed by atoms with Crippen LogP contribution >= 0.6 is 15.9 Å². The summed E-state index contributed by atoms with van der Waals surface area (Å²) in [5.41, 5.74) is 1.47. The lowest BCUT2D eigenvalue weighted by atomic mass is 10.2. The minimum atomic E-state index is -0.0444. The van der Waals surface area contributed by atoms with Crippen LogP contribution in [0.15, 0.2) is 47.1 Å². The standard InChI is InChI=1S/C19H18BrN3O3/c1-25-14-4-2-12-8-17(22-16(12)9-14)19(24)23-7-6-15(11-23)26-18-5-3-13(20)10-21-18/h2-5,8-10,15,22H,6-7,11H2,1H3. The van der Waals surface area contributed by atoms with E-state index in [4.69, 9.17) is 9.47 Å². The van der Waals surface area contributed by atoms with Gasteiger partial charge in [-0.2, -0.15) is 0 Å². The largest absolute Gasteiger partial charge is 0.497 e. The molecule has 6 nitrogen and oxygen atoms in total. The number of methoxy groups -OCH3 is 1. The second kappa shape index (κ2) is 6.99. The van der Waals surface area contributed by atoms with Crippen molar-refractivity contribution in [3.05, 3.63) is 52.8 Å². The molecule has 1 aliphatic heterocycles. The fraction of sp³-hybridized carbons (Fsp3) is 0.263. The molecule has 7 heteroatoms. The molecule has 3 heterocycles. The molecular formula is C19H18BrN3O3. The Labute approximate surface area is 159 Å². The Morgan fingerprint density at radius 3 is 2.96 bits per heavy atom. The molecule has 0 radical (unpaired) electrons. The summed E-state index contributed by atoms with van der Waals surface area (Å²) >= 11 is 3.35. The predicted molar refractivity (Wildman–Crippen MR) is 102 cm³/mol. The Morgan fingerprint density at radius 2 is 2.19 bits per heavy atom. The van der Waals surface area contributed by atoms with Crippen molar-refractivity contribution in [1.29, 1.82) is 0 Å². The molecule has 1 aliphatic rings. The Kier molecular flexibility index (Phi) is 4.55. The maximum absolute atomic E-state index is 12.8. The zero-order chi connectivity index (χ0) is 18.1. The average molecular weight is 416 g/mol. The highest BCUT2D eigenvalue weighted by atomic mass is 79.9. The highest BCUT2D eigenvalue weighted by Crippen LogP contribution is 2.24. The highest BCUT2D eigenvalue weighted by Gasteiger charge is 2.29. The number of ether oxygens (including phenoxy) is 2. The van der Waals surface area contributed by atoms with Crippen LogP contribution < -0.4 is 9.47 Å². The van der Waals surface area contributed by atoms with E-state index < -0.39 is 0 Å². The van der Waals surface area contributed by atoms with Gasteiger partial charge in [-0.05, 0) is 40.2 Å². The number of amides is 1. The second-order valence-corrected chi connectivity index (χ2v) is 7.15. The normalized spacial score (nSPS) is 16.8. The molecule has 2 aromatic heterocycles. The molecule has 0 bridgehead atoms. The molecule has 1 unspecified atom stereocenters. The van der Waals surface area contributed by atoms with Crippen molar-refractivity contribution in [3.8, 4) is 11.6 Å². The van der Waals surface area contributed by atoms with E-state index in [0.717, 1.165) is 27.5 Å². The predicted octanol–water partition coefficient (Wildman–Crippen LogP) is 3.63. The van der Waals surface area contributed by atoms with Crippen molar-refractivity contribution in [3.63, 3.8) is 0 Å². The van der Waals surface area contributed by atoms with Crippen LogP contribution in [0.25, 0.3) is 10.9 Å². The number of aromatic nitrogens is 2.